The highest BCUT2D eigenvalue weighted by molar-refractivity contribution is 5.79. The summed E-state index contributed by atoms with van der Waals surface area (Å²) in [5.74, 6) is 1.25. The molecule has 0 saturated heterocycles. The number of aryl methyl sites for hydroxylation is 1. The summed E-state index contributed by atoms with van der Waals surface area (Å²) in [4.78, 5) is 4.38. The predicted octanol–water partition coefficient (Wildman–Crippen LogP) is 2.97. The molecule has 0 saturated carbocycles. The van der Waals surface area contributed by atoms with Crippen LogP contribution in [0.4, 0.5) is 5.95 Å². The van der Waals surface area contributed by atoms with E-state index in [-0.39, 0.29) is 0 Å². The molecule has 86 valence electrons. The normalized spacial score (nSPS) is 13.2. The summed E-state index contributed by atoms with van der Waals surface area (Å²) in [6.07, 6.45) is 1.16. The second-order valence-electron chi connectivity index (χ2n) is 4.59. The van der Waals surface area contributed by atoms with Crippen molar-refractivity contribution in [2.45, 2.75) is 33.7 Å². The predicted molar refractivity (Wildman–Crippen MR) is 68.3 cm³/mol. The summed E-state index contributed by atoms with van der Waals surface area (Å²) in [6, 6.07) is 6.26. The molecule has 1 atom stereocenters. The number of fused-ring (bicyclic) bond motifs is 1. The molecule has 16 heavy (non-hydrogen) atoms. The zero-order valence-electron chi connectivity index (χ0n) is 10.2. The van der Waals surface area contributed by atoms with Crippen molar-refractivity contribution >= 4 is 17.0 Å². The van der Waals surface area contributed by atoms with Crippen molar-refractivity contribution in [1.82, 2.24) is 9.55 Å². The van der Waals surface area contributed by atoms with Gasteiger partial charge in [0.15, 0.2) is 0 Å². The van der Waals surface area contributed by atoms with Gasteiger partial charge in [-0.15, -0.1) is 0 Å². The Balaban J connectivity index is 2.50. The topological polar surface area (TPSA) is 43.8 Å². The first-order valence-electron chi connectivity index (χ1n) is 5.84. The summed E-state index contributed by atoms with van der Waals surface area (Å²) in [5.41, 5.74) is 9.35. The molecule has 2 N–H and O–H groups in total. The molecule has 2 aromatic rings. The van der Waals surface area contributed by atoms with Crippen LogP contribution < -0.4 is 5.73 Å². The quantitative estimate of drug-likeness (QED) is 0.859. The Hall–Kier alpha value is -1.51. The summed E-state index contributed by atoms with van der Waals surface area (Å²) in [6.45, 7) is 7.48. The highest BCUT2D eigenvalue weighted by Crippen LogP contribution is 2.21. The number of imidazole rings is 1. The lowest BCUT2D eigenvalue weighted by Gasteiger charge is -2.11. The summed E-state index contributed by atoms with van der Waals surface area (Å²) >= 11 is 0. The van der Waals surface area contributed by atoms with Crippen molar-refractivity contribution in [2.75, 3.05) is 5.73 Å². The van der Waals surface area contributed by atoms with Crippen LogP contribution in [0.3, 0.4) is 0 Å². The first kappa shape index (κ1) is 11.0. The summed E-state index contributed by atoms with van der Waals surface area (Å²) < 4.78 is 2.12. The van der Waals surface area contributed by atoms with E-state index in [9.17, 15) is 0 Å². The zero-order valence-corrected chi connectivity index (χ0v) is 10.2. The Morgan fingerprint density at radius 1 is 1.44 bits per heavy atom. The maximum atomic E-state index is 5.96. The van der Waals surface area contributed by atoms with Crippen molar-refractivity contribution < 1.29 is 0 Å². The Labute approximate surface area is 96.3 Å². The van der Waals surface area contributed by atoms with Gasteiger partial charge in [-0.2, -0.15) is 0 Å². The molecule has 0 radical (unpaired) electrons. The lowest BCUT2D eigenvalue weighted by atomic mass is 10.1. The lowest BCUT2D eigenvalue weighted by molar-refractivity contribution is 0.479. The molecular formula is C13H19N3. The van der Waals surface area contributed by atoms with Crippen molar-refractivity contribution in [3.63, 3.8) is 0 Å². The van der Waals surface area contributed by atoms with Gasteiger partial charge in [0.25, 0.3) is 0 Å². The molecule has 1 aromatic heterocycles. The number of hydrogen-bond donors (Lipinski definition) is 1. The number of nitrogens with zero attached hydrogens (tertiary/aromatic N) is 2. The van der Waals surface area contributed by atoms with Crippen LogP contribution in [0.25, 0.3) is 11.0 Å². The molecule has 0 fully saturated rings. The van der Waals surface area contributed by atoms with Crippen molar-refractivity contribution in [2.24, 2.45) is 5.92 Å². The Bertz CT molecular complexity index is 499. The molecule has 0 aliphatic heterocycles. The Morgan fingerprint density at radius 3 is 2.88 bits per heavy atom. The zero-order chi connectivity index (χ0) is 11.7. The average Bonchev–Trinajstić information content (AvgIpc) is 2.55. The Kier molecular flexibility index (Phi) is 2.86. The summed E-state index contributed by atoms with van der Waals surface area (Å²) in [5, 5.41) is 0. The van der Waals surface area contributed by atoms with E-state index in [2.05, 4.69) is 42.5 Å². The highest BCUT2D eigenvalue weighted by atomic mass is 15.1. The number of anilines is 1. The van der Waals surface area contributed by atoms with Gasteiger partial charge in [0, 0.05) is 6.54 Å². The maximum Gasteiger partial charge on any atom is 0.201 e. The fourth-order valence-electron chi connectivity index (χ4n) is 1.88. The van der Waals surface area contributed by atoms with Gasteiger partial charge in [0.2, 0.25) is 5.95 Å². The smallest absolute Gasteiger partial charge is 0.201 e. The Morgan fingerprint density at radius 2 is 2.19 bits per heavy atom. The minimum atomic E-state index is 0.625. The van der Waals surface area contributed by atoms with Crippen LogP contribution in [0.15, 0.2) is 18.2 Å². The fourth-order valence-corrected chi connectivity index (χ4v) is 1.88. The molecule has 1 aromatic carbocycles. The van der Waals surface area contributed by atoms with E-state index in [4.69, 9.17) is 5.73 Å². The average molecular weight is 217 g/mol. The molecule has 3 heteroatoms. The second-order valence-corrected chi connectivity index (χ2v) is 4.59. The summed E-state index contributed by atoms with van der Waals surface area (Å²) in [7, 11) is 0. The van der Waals surface area contributed by atoms with Gasteiger partial charge >= 0.3 is 0 Å². The molecular weight excluding hydrogens is 198 g/mol. The molecule has 0 aliphatic rings. The number of nitrogen functional groups attached to an aromatic ring is 1. The van der Waals surface area contributed by atoms with E-state index in [0.717, 1.165) is 24.0 Å². The van der Waals surface area contributed by atoms with Crippen molar-refractivity contribution in [3.8, 4) is 0 Å². The maximum absolute atomic E-state index is 5.96. The third kappa shape index (κ3) is 1.90. The molecule has 3 nitrogen and oxygen atoms in total. The van der Waals surface area contributed by atoms with Crippen molar-refractivity contribution in [1.29, 1.82) is 0 Å². The third-order valence-corrected chi connectivity index (χ3v) is 3.12. The fraction of sp³-hybridized carbons (Fsp3) is 0.462. The molecule has 0 aliphatic carbocycles. The van der Waals surface area contributed by atoms with E-state index in [0.29, 0.717) is 11.9 Å². The van der Waals surface area contributed by atoms with Crippen LogP contribution in [0, 0.1) is 12.8 Å². The van der Waals surface area contributed by atoms with Crippen LogP contribution in [-0.4, -0.2) is 9.55 Å². The van der Waals surface area contributed by atoms with Gasteiger partial charge < -0.3 is 10.3 Å². The van der Waals surface area contributed by atoms with E-state index >= 15 is 0 Å². The molecule has 0 amide bonds. The van der Waals surface area contributed by atoms with Crippen LogP contribution in [0.5, 0.6) is 0 Å². The number of nitrogens with two attached hydrogens (primary N) is 1. The van der Waals surface area contributed by atoms with Gasteiger partial charge in [-0.1, -0.05) is 26.3 Å². The second kappa shape index (κ2) is 4.16. The molecule has 0 bridgehead atoms. The van der Waals surface area contributed by atoms with Gasteiger partial charge in [-0.05, 0) is 30.5 Å². The first-order valence-corrected chi connectivity index (χ1v) is 5.84. The SMILES string of the molecule is CCC(C)Cn1c(N)nc2ccc(C)cc21. The van der Waals surface area contributed by atoms with E-state index < -0.39 is 0 Å². The van der Waals surface area contributed by atoms with Gasteiger partial charge in [0.1, 0.15) is 0 Å². The van der Waals surface area contributed by atoms with Gasteiger partial charge in [-0.25, -0.2) is 4.98 Å². The third-order valence-electron chi connectivity index (χ3n) is 3.12. The van der Waals surface area contributed by atoms with Gasteiger partial charge in [0.05, 0.1) is 11.0 Å². The standard InChI is InChI=1S/C13H19N3/c1-4-9(2)8-16-12-7-10(3)5-6-11(12)15-13(16)14/h5-7,9H,4,8H2,1-3H3,(H2,14,15). The number of rotatable bonds is 3. The molecule has 1 heterocycles. The van der Waals surface area contributed by atoms with E-state index in [1.807, 2.05) is 6.07 Å². The van der Waals surface area contributed by atoms with Crippen LogP contribution in [0.2, 0.25) is 0 Å². The minimum absolute atomic E-state index is 0.625. The van der Waals surface area contributed by atoms with Gasteiger partial charge in [-0.3, -0.25) is 0 Å². The number of benzene rings is 1. The highest BCUT2D eigenvalue weighted by Gasteiger charge is 2.10. The first-order chi connectivity index (χ1) is 7.61. The van der Waals surface area contributed by atoms with E-state index in [1.165, 1.54) is 5.56 Å². The van der Waals surface area contributed by atoms with Crippen LogP contribution >= 0.6 is 0 Å². The molecule has 2 rings (SSSR count). The minimum Gasteiger partial charge on any atom is -0.369 e. The van der Waals surface area contributed by atoms with E-state index in [1.54, 1.807) is 0 Å². The monoisotopic (exact) mass is 217 g/mol. The van der Waals surface area contributed by atoms with Crippen molar-refractivity contribution in [3.05, 3.63) is 23.8 Å². The molecule has 1 unspecified atom stereocenters. The van der Waals surface area contributed by atoms with Crippen LogP contribution in [0.1, 0.15) is 25.8 Å². The largest absolute Gasteiger partial charge is 0.369 e. The number of aromatic nitrogens is 2. The number of hydrogen-bond acceptors (Lipinski definition) is 2. The lowest BCUT2D eigenvalue weighted by Crippen LogP contribution is -2.09. The van der Waals surface area contributed by atoms with Crippen LogP contribution in [-0.2, 0) is 6.54 Å². The molecule has 0 spiro atoms.